The molecular formula is C28H32N8S. The van der Waals surface area contributed by atoms with Crippen LogP contribution in [0.1, 0.15) is 29.2 Å². The number of hydrogen-bond acceptors (Lipinski definition) is 8. The van der Waals surface area contributed by atoms with Gasteiger partial charge in [0.2, 0.25) is 0 Å². The smallest absolute Gasteiger partial charge is 0.138 e. The van der Waals surface area contributed by atoms with Crippen molar-refractivity contribution in [2.75, 3.05) is 31.3 Å². The average Bonchev–Trinajstić information content (AvgIpc) is 3.57. The van der Waals surface area contributed by atoms with Crippen LogP contribution < -0.4 is 10.6 Å². The minimum absolute atomic E-state index is 0.0862. The largest absolute Gasteiger partial charge is 0.368 e. The molecule has 0 saturated carbocycles. The molecule has 0 radical (unpaired) electrons. The molecule has 1 aromatic carbocycles. The molecule has 0 amide bonds. The zero-order chi connectivity index (χ0) is 25.8. The van der Waals surface area contributed by atoms with Crippen LogP contribution in [0.5, 0.6) is 0 Å². The fourth-order valence-corrected chi connectivity index (χ4v) is 5.40. The molecule has 1 atom stereocenters. The van der Waals surface area contributed by atoms with E-state index in [0.717, 1.165) is 42.2 Å². The first-order valence-corrected chi connectivity index (χ1v) is 13.2. The lowest BCUT2D eigenvalue weighted by Gasteiger charge is -2.16. The predicted octanol–water partition coefficient (Wildman–Crippen LogP) is 5.61. The van der Waals surface area contributed by atoms with Crippen molar-refractivity contribution in [1.82, 2.24) is 29.4 Å². The number of nitrogens with zero attached hydrogens (tertiary/aromatic N) is 6. The van der Waals surface area contributed by atoms with E-state index < -0.39 is 0 Å². The molecule has 0 aliphatic heterocycles. The van der Waals surface area contributed by atoms with Crippen molar-refractivity contribution < 1.29 is 0 Å². The number of anilines is 2. The summed E-state index contributed by atoms with van der Waals surface area (Å²) >= 11 is 1.82. The summed E-state index contributed by atoms with van der Waals surface area (Å²) in [6, 6.07) is 15.2. The van der Waals surface area contributed by atoms with Gasteiger partial charge in [0.25, 0.3) is 0 Å². The Hall–Kier alpha value is -3.82. The van der Waals surface area contributed by atoms with Gasteiger partial charge < -0.3 is 20.1 Å². The SMILES string of the molecule is Cc1nc(NC(C)c2ccc(-c3ccccc3CN(C)C)s2)c2cc(NCCn3ccnc3)ncc2n1. The highest BCUT2D eigenvalue weighted by Crippen LogP contribution is 2.35. The number of hydrogen-bond donors (Lipinski definition) is 2. The number of nitrogens with one attached hydrogen (secondary N) is 2. The summed E-state index contributed by atoms with van der Waals surface area (Å²) in [5.74, 6) is 2.33. The second-order valence-electron chi connectivity index (χ2n) is 9.40. The lowest BCUT2D eigenvalue weighted by Crippen LogP contribution is -2.11. The van der Waals surface area contributed by atoms with Gasteiger partial charge in [-0.15, -0.1) is 11.3 Å². The first-order chi connectivity index (χ1) is 18.0. The third kappa shape index (κ3) is 5.95. The first-order valence-electron chi connectivity index (χ1n) is 12.4. The van der Waals surface area contributed by atoms with Crippen molar-refractivity contribution in [1.29, 1.82) is 0 Å². The van der Waals surface area contributed by atoms with Crippen LogP contribution >= 0.6 is 11.3 Å². The van der Waals surface area contributed by atoms with E-state index in [4.69, 9.17) is 4.98 Å². The summed E-state index contributed by atoms with van der Waals surface area (Å²) < 4.78 is 2.03. The van der Waals surface area contributed by atoms with E-state index in [1.807, 2.05) is 47.6 Å². The topological polar surface area (TPSA) is 83.8 Å². The zero-order valence-electron chi connectivity index (χ0n) is 21.6. The van der Waals surface area contributed by atoms with E-state index in [-0.39, 0.29) is 6.04 Å². The number of imidazole rings is 1. The van der Waals surface area contributed by atoms with E-state index in [9.17, 15) is 0 Å². The van der Waals surface area contributed by atoms with Gasteiger partial charge in [-0.05, 0) is 57.3 Å². The second kappa shape index (κ2) is 11.1. The van der Waals surface area contributed by atoms with Gasteiger partial charge in [-0.3, -0.25) is 0 Å². The Morgan fingerprint density at radius 3 is 2.78 bits per heavy atom. The molecule has 5 rings (SSSR count). The summed E-state index contributed by atoms with van der Waals surface area (Å²) in [4.78, 5) is 22.7. The molecule has 9 heteroatoms. The van der Waals surface area contributed by atoms with Gasteiger partial charge in [-0.25, -0.2) is 19.9 Å². The van der Waals surface area contributed by atoms with Crippen LogP contribution in [-0.2, 0) is 13.1 Å². The maximum absolute atomic E-state index is 4.75. The van der Waals surface area contributed by atoms with E-state index in [1.54, 1.807) is 6.20 Å². The van der Waals surface area contributed by atoms with Crippen molar-refractivity contribution in [3.05, 3.63) is 83.6 Å². The predicted molar refractivity (Wildman–Crippen MR) is 152 cm³/mol. The van der Waals surface area contributed by atoms with E-state index in [2.05, 4.69) is 87.9 Å². The number of benzene rings is 1. The highest BCUT2D eigenvalue weighted by atomic mass is 32.1. The summed E-state index contributed by atoms with van der Waals surface area (Å²) in [6.07, 6.45) is 7.36. The second-order valence-corrected chi connectivity index (χ2v) is 10.5. The standard InChI is InChI=1S/C28H32N8S/c1-19(25-9-10-26(37-25)22-8-6-5-7-21(22)17-35(3)4)32-28-23-15-27(30-12-14-36-13-11-29-18-36)31-16-24(23)33-20(2)34-28/h5-11,13,15-16,18-19H,12,14,17H2,1-4H3,(H,30,31)(H,32,33,34). The maximum Gasteiger partial charge on any atom is 0.138 e. The van der Waals surface area contributed by atoms with Crippen molar-refractivity contribution in [2.24, 2.45) is 0 Å². The van der Waals surface area contributed by atoms with Gasteiger partial charge in [-0.2, -0.15) is 0 Å². The summed E-state index contributed by atoms with van der Waals surface area (Å²) in [5.41, 5.74) is 3.45. The highest BCUT2D eigenvalue weighted by Gasteiger charge is 2.15. The van der Waals surface area contributed by atoms with Gasteiger partial charge in [0.1, 0.15) is 17.5 Å². The Kier molecular flexibility index (Phi) is 7.43. The third-order valence-corrected chi connectivity index (χ3v) is 7.41. The molecule has 0 bridgehead atoms. The van der Waals surface area contributed by atoms with Crippen LogP contribution in [-0.4, -0.2) is 50.0 Å². The molecule has 5 aromatic rings. The fourth-order valence-electron chi connectivity index (χ4n) is 4.33. The van der Waals surface area contributed by atoms with E-state index >= 15 is 0 Å². The lowest BCUT2D eigenvalue weighted by atomic mass is 10.1. The van der Waals surface area contributed by atoms with Crippen LogP contribution in [0.3, 0.4) is 0 Å². The number of aromatic nitrogens is 5. The maximum atomic E-state index is 4.75. The number of fused-ring (bicyclic) bond motifs is 1. The third-order valence-electron chi connectivity index (χ3n) is 6.11. The lowest BCUT2D eigenvalue weighted by molar-refractivity contribution is 0.403. The van der Waals surface area contributed by atoms with Crippen molar-refractivity contribution in [3.8, 4) is 10.4 Å². The zero-order valence-corrected chi connectivity index (χ0v) is 22.5. The fraction of sp³-hybridized carbons (Fsp3) is 0.286. The van der Waals surface area contributed by atoms with Crippen LogP contribution in [0.15, 0.2) is 67.4 Å². The molecule has 0 spiro atoms. The van der Waals surface area contributed by atoms with Crippen molar-refractivity contribution in [2.45, 2.75) is 33.0 Å². The van der Waals surface area contributed by atoms with Crippen LogP contribution in [0, 0.1) is 6.92 Å². The molecular weight excluding hydrogens is 480 g/mol. The van der Waals surface area contributed by atoms with E-state index in [0.29, 0.717) is 5.82 Å². The summed E-state index contributed by atoms with van der Waals surface area (Å²) in [6.45, 7) is 6.56. The van der Waals surface area contributed by atoms with Crippen LogP contribution in [0.4, 0.5) is 11.6 Å². The Morgan fingerprint density at radius 2 is 1.97 bits per heavy atom. The monoisotopic (exact) mass is 512 g/mol. The van der Waals surface area contributed by atoms with Crippen molar-refractivity contribution in [3.63, 3.8) is 0 Å². The molecule has 8 nitrogen and oxygen atoms in total. The molecule has 0 aliphatic rings. The quantitative estimate of drug-likeness (QED) is 0.252. The number of thiophene rings is 1. The number of pyridine rings is 1. The average molecular weight is 513 g/mol. The number of rotatable bonds is 10. The van der Waals surface area contributed by atoms with E-state index in [1.165, 1.54) is 20.9 Å². The normalized spacial score (nSPS) is 12.2. The minimum atomic E-state index is 0.0862. The molecule has 4 heterocycles. The Labute approximate surface area is 221 Å². The Morgan fingerprint density at radius 1 is 1.11 bits per heavy atom. The Bertz CT molecular complexity index is 1480. The molecule has 2 N–H and O–H groups in total. The number of aryl methyl sites for hydroxylation is 1. The van der Waals surface area contributed by atoms with Gasteiger partial charge in [0.05, 0.1) is 24.1 Å². The van der Waals surface area contributed by atoms with Crippen LogP contribution in [0.2, 0.25) is 0 Å². The molecule has 0 aliphatic carbocycles. The molecule has 0 fully saturated rings. The van der Waals surface area contributed by atoms with Crippen molar-refractivity contribution >= 4 is 33.9 Å². The summed E-state index contributed by atoms with van der Waals surface area (Å²) in [7, 11) is 4.21. The van der Waals surface area contributed by atoms with Gasteiger partial charge in [0.15, 0.2) is 0 Å². The van der Waals surface area contributed by atoms with Gasteiger partial charge in [0, 0.05) is 47.2 Å². The van der Waals surface area contributed by atoms with Crippen LogP contribution in [0.25, 0.3) is 21.3 Å². The molecule has 1 unspecified atom stereocenters. The Balaban J connectivity index is 1.35. The first kappa shape index (κ1) is 24.9. The molecule has 4 aromatic heterocycles. The van der Waals surface area contributed by atoms with Gasteiger partial charge >= 0.3 is 0 Å². The molecule has 190 valence electrons. The summed E-state index contributed by atoms with van der Waals surface area (Å²) in [5, 5.41) is 7.99. The highest BCUT2D eigenvalue weighted by molar-refractivity contribution is 7.15. The van der Waals surface area contributed by atoms with Gasteiger partial charge in [-0.1, -0.05) is 24.3 Å². The molecule has 0 saturated heterocycles. The molecule has 37 heavy (non-hydrogen) atoms. The minimum Gasteiger partial charge on any atom is -0.368 e.